The molecule has 2 nitrogen and oxygen atoms in total. The van der Waals surface area contributed by atoms with Crippen molar-refractivity contribution in [3.63, 3.8) is 0 Å². The van der Waals surface area contributed by atoms with Gasteiger partial charge in [-0.1, -0.05) is 48.5 Å². The Hall–Kier alpha value is -2.30. The number of alkyl halides is 3. The zero-order chi connectivity index (χ0) is 15.3. The van der Waals surface area contributed by atoms with Gasteiger partial charge in [0.1, 0.15) is 0 Å². The lowest BCUT2D eigenvalue weighted by atomic mass is 10.0. The van der Waals surface area contributed by atoms with E-state index in [-0.39, 0.29) is 17.7 Å². The molecule has 0 saturated carbocycles. The van der Waals surface area contributed by atoms with Crippen LogP contribution < -0.4 is 5.32 Å². The van der Waals surface area contributed by atoms with Crippen LogP contribution in [0.25, 0.3) is 0 Å². The molecule has 2 aromatic carbocycles. The van der Waals surface area contributed by atoms with E-state index in [0.29, 0.717) is 0 Å². The van der Waals surface area contributed by atoms with E-state index in [1.807, 2.05) is 30.3 Å². The van der Waals surface area contributed by atoms with Gasteiger partial charge in [-0.2, -0.15) is 13.2 Å². The number of hydrogen-bond donors (Lipinski definition) is 1. The minimum absolute atomic E-state index is 0.0180. The van der Waals surface area contributed by atoms with Crippen molar-refractivity contribution in [2.45, 2.75) is 19.1 Å². The number of amides is 1. The van der Waals surface area contributed by atoms with Gasteiger partial charge in [-0.15, -0.1) is 0 Å². The maximum atomic E-state index is 12.5. The smallest absolute Gasteiger partial charge is 0.348 e. The van der Waals surface area contributed by atoms with Crippen molar-refractivity contribution in [1.29, 1.82) is 0 Å². The Morgan fingerprint density at radius 3 is 2.24 bits per heavy atom. The second kappa shape index (κ2) is 6.43. The fraction of sp³-hybridized carbons (Fsp3) is 0.188. The van der Waals surface area contributed by atoms with E-state index >= 15 is 0 Å². The molecule has 0 spiro atoms. The van der Waals surface area contributed by atoms with Gasteiger partial charge in [0.25, 0.3) is 5.91 Å². The summed E-state index contributed by atoms with van der Waals surface area (Å²) in [5.41, 5.74) is 0.931. The summed E-state index contributed by atoms with van der Waals surface area (Å²) in [6.45, 7) is 0.278. The third kappa shape index (κ3) is 4.63. The van der Waals surface area contributed by atoms with Gasteiger partial charge >= 0.3 is 6.18 Å². The molecule has 0 unspecified atom stereocenters. The molecular weight excluding hydrogens is 279 g/mol. The Kier molecular flexibility index (Phi) is 4.62. The summed E-state index contributed by atoms with van der Waals surface area (Å²) < 4.78 is 37.5. The molecule has 1 N–H and O–H groups in total. The van der Waals surface area contributed by atoms with Crippen molar-refractivity contribution in [3.8, 4) is 0 Å². The van der Waals surface area contributed by atoms with E-state index in [4.69, 9.17) is 0 Å². The Balaban J connectivity index is 2.09. The van der Waals surface area contributed by atoms with E-state index in [1.165, 1.54) is 18.2 Å². The molecule has 0 aliphatic heterocycles. The molecule has 0 aliphatic carbocycles. The maximum Gasteiger partial charge on any atom is 0.393 e. The van der Waals surface area contributed by atoms with Crippen LogP contribution in [0.2, 0.25) is 0 Å². The van der Waals surface area contributed by atoms with Crippen LogP contribution in [-0.4, -0.2) is 12.1 Å². The predicted molar refractivity (Wildman–Crippen MR) is 73.8 cm³/mol. The number of nitrogens with one attached hydrogen (secondary N) is 1. The summed E-state index contributed by atoms with van der Waals surface area (Å²) in [4.78, 5) is 12.0. The first kappa shape index (κ1) is 15.1. The largest absolute Gasteiger partial charge is 0.393 e. The van der Waals surface area contributed by atoms with E-state index in [9.17, 15) is 18.0 Å². The van der Waals surface area contributed by atoms with Crippen LogP contribution in [0.15, 0.2) is 54.6 Å². The van der Waals surface area contributed by atoms with Crippen LogP contribution in [0, 0.1) is 0 Å². The van der Waals surface area contributed by atoms with Crippen molar-refractivity contribution in [1.82, 2.24) is 5.32 Å². The van der Waals surface area contributed by atoms with E-state index in [0.717, 1.165) is 5.56 Å². The molecule has 110 valence electrons. The molecule has 0 aliphatic rings. The highest BCUT2D eigenvalue weighted by atomic mass is 19.4. The minimum atomic E-state index is -4.34. The lowest BCUT2D eigenvalue weighted by molar-refractivity contribution is -0.127. The third-order valence-corrected chi connectivity index (χ3v) is 2.95. The SMILES string of the molecule is O=C(NCc1ccccc1)c1ccccc1CC(F)(F)F. The third-order valence-electron chi connectivity index (χ3n) is 2.95. The molecule has 0 heterocycles. The van der Waals surface area contributed by atoms with Gasteiger partial charge in [-0.25, -0.2) is 0 Å². The van der Waals surface area contributed by atoms with Crippen molar-refractivity contribution in [2.75, 3.05) is 0 Å². The Bertz CT molecular complexity index is 608. The number of hydrogen-bond acceptors (Lipinski definition) is 1. The lowest BCUT2D eigenvalue weighted by Gasteiger charge is -2.12. The topological polar surface area (TPSA) is 29.1 Å². The number of carbonyl (C=O) groups excluding carboxylic acids is 1. The molecule has 1 amide bonds. The van der Waals surface area contributed by atoms with E-state index < -0.39 is 18.5 Å². The highest BCUT2D eigenvalue weighted by Crippen LogP contribution is 2.23. The van der Waals surface area contributed by atoms with Crippen molar-refractivity contribution < 1.29 is 18.0 Å². The van der Waals surface area contributed by atoms with Crippen LogP contribution in [0.1, 0.15) is 21.5 Å². The van der Waals surface area contributed by atoms with Crippen LogP contribution in [0.4, 0.5) is 13.2 Å². The average molecular weight is 293 g/mol. The summed E-state index contributed by atoms with van der Waals surface area (Å²) in [6.07, 6.45) is -5.45. The fourth-order valence-corrected chi connectivity index (χ4v) is 1.99. The molecule has 21 heavy (non-hydrogen) atoms. The first-order chi connectivity index (χ1) is 9.96. The second-order valence-corrected chi connectivity index (χ2v) is 4.62. The Labute approximate surface area is 120 Å². The van der Waals surface area contributed by atoms with E-state index in [1.54, 1.807) is 6.07 Å². The van der Waals surface area contributed by atoms with Crippen LogP contribution in [0.5, 0.6) is 0 Å². The Morgan fingerprint density at radius 2 is 1.57 bits per heavy atom. The number of benzene rings is 2. The summed E-state index contributed by atoms with van der Waals surface area (Å²) >= 11 is 0. The van der Waals surface area contributed by atoms with Crippen LogP contribution in [0.3, 0.4) is 0 Å². The van der Waals surface area contributed by atoms with Gasteiger partial charge in [0.15, 0.2) is 0 Å². The van der Waals surface area contributed by atoms with Gasteiger partial charge in [-0.05, 0) is 17.2 Å². The summed E-state index contributed by atoms with van der Waals surface area (Å²) in [5.74, 6) is -0.501. The molecule has 0 bridgehead atoms. The second-order valence-electron chi connectivity index (χ2n) is 4.62. The Morgan fingerprint density at radius 1 is 0.952 bits per heavy atom. The van der Waals surface area contributed by atoms with Crippen molar-refractivity contribution >= 4 is 5.91 Å². The first-order valence-corrected chi connectivity index (χ1v) is 6.42. The predicted octanol–water partition coefficient (Wildman–Crippen LogP) is 3.72. The monoisotopic (exact) mass is 293 g/mol. The molecule has 0 atom stereocenters. The summed E-state index contributed by atoms with van der Waals surface area (Å²) in [5, 5.41) is 2.64. The molecule has 2 rings (SSSR count). The molecule has 2 aromatic rings. The van der Waals surface area contributed by atoms with Gasteiger partial charge in [0, 0.05) is 12.1 Å². The standard InChI is InChI=1S/C16H14F3NO/c17-16(18,19)10-13-8-4-5-9-14(13)15(21)20-11-12-6-2-1-3-7-12/h1-9H,10-11H2,(H,20,21). The molecule has 5 heteroatoms. The van der Waals surface area contributed by atoms with Crippen LogP contribution in [-0.2, 0) is 13.0 Å². The van der Waals surface area contributed by atoms with Gasteiger partial charge in [-0.3, -0.25) is 4.79 Å². The molecule has 0 radical (unpaired) electrons. The zero-order valence-electron chi connectivity index (χ0n) is 11.2. The summed E-state index contributed by atoms with van der Waals surface area (Å²) in [7, 11) is 0. The van der Waals surface area contributed by atoms with Gasteiger partial charge < -0.3 is 5.32 Å². The van der Waals surface area contributed by atoms with Crippen molar-refractivity contribution in [3.05, 3.63) is 71.3 Å². The minimum Gasteiger partial charge on any atom is -0.348 e. The first-order valence-electron chi connectivity index (χ1n) is 6.42. The fourth-order valence-electron chi connectivity index (χ4n) is 1.99. The van der Waals surface area contributed by atoms with Crippen molar-refractivity contribution in [2.24, 2.45) is 0 Å². The molecule has 0 fully saturated rings. The normalized spacial score (nSPS) is 11.2. The molecular formula is C16H14F3NO. The quantitative estimate of drug-likeness (QED) is 0.914. The molecule has 0 saturated heterocycles. The zero-order valence-corrected chi connectivity index (χ0v) is 11.2. The highest BCUT2D eigenvalue weighted by Gasteiger charge is 2.29. The number of carbonyl (C=O) groups is 1. The molecule has 0 aromatic heterocycles. The van der Waals surface area contributed by atoms with E-state index in [2.05, 4.69) is 5.32 Å². The highest BCUT2D eigenvalue weighted by molar-refractivity contribution is 5.95. The summed E-state index contributed by atoms with van der Waals surface area (Å²) in [6, 6.07) is 15.0. The number of halogens is 3. The maximum absolute atomic E-state index is 12.5. The lowest BCUT2D eigenvalue weighted by Crippen LogP contribution is -2.25. The van der Waals surface area contributed by atoms with Crippen LogP contribution >= 0.6 is 0 Å². The van der Waals surface area contributed by atoms with Gasteiger partial charge in [0.05, 0.1) is 6.42 Å². The average Bonchev–Trinajstić information content (AvgIpc) is 2.45. The van der Waals surface area contributed by atoms with Gasteiger partial charge in [0.2, 0.25) is 0 Å². The number of rotatable bonds is 4.